The average Bonchev–Trinajstić information content (AvgIpc) is 3.42. The number of carbonyl (C=O) groups is 1. The highest BCUT2D eigenvalue weighted by atomic mass is 32.1. The highest BCUT2D eigenvalue weighted by Crippen LogP contribution is 2.36. The molecule has 0 saturated carbocycles. The predicted molar refractivity (Wildman–Crippen MR) is 181 cm³/mol. The summed E-state index contributed by atoms with van der Waals surface area (Å²) in [5.41, 5.74) is 6.98. The molecule has 204 valence electrons. The fraction of sp³-hybridized carbons (Fsp3) is 0. The van der Waals surface area contributed by atoms with Crippen molar-refractivity contribution in [1.29, 1.82) is 0 Å². The molecule has 0 bridgehead atoms. The number of carbonyl (C=O) groups excluding carboxylic acids is 1. The summed E-state index contributed by atoms with van der Waals surface area (Å²) in [6, 6.07) is 41.3. The van der Waals surface area contributed by atoms with Crippen LogP contribution in [0.3, 0.4) is 0 Å². The first-order valence-electron chi connectivity index (χ1n) is 13.9. The lowest BCUT2D eigenvalue weighted by atomic mass is 9.98. The number of hydrogen-bond donors (Lipinski definition) is 1. The van der Waals surface area contributed by atoms with Crippen LogP contribution in [0.15, 0.2) is 142 Å². The molecular formula is C38H22O3S2. The quantitative estimate of drug-likeness (QED) is 0.126. The molecule has 43 heavy (non-hydrogen) atoms. The first-order valence-corrected chi connectivity index (χ1v) is 15.2. The summed E-state index contributed by atoms with van der Waals surface area (Å²) >= 11 is 6.07. The van der Waals surface area contributed by atoms with Gasteiger partial charge in [0.05, 0.1) is 0 Å². The maximum Gasteiger partial charge on any atom is 0.195 e. The van der Waals surface area contributed by atoms with E-state index in [2.05, 4.69) is 49.0 Å². The molecule has 0 spiro atoms. The molecule has 5 heteroatoms. The Bertz CT molecular complexity index is 2450. The molecule has 0 N–H and O–H groups in total. The van der Waals surface area contributed by atoms with Gasteiger partial charge in [0.1, 0.15) is 11.2 Å². The SMILES string of the molecule is O=C(c1ccc(-c2ccc3c(c2)oc2cc(-c4ccc5c(=O)c6ccccc6sc5c4)ccc23)cc1)c1ccccc1S. The van der Waals surface area contributed by atoms with Gasteiger partial charge in [0, 0.05) is 47.0 Å². The smallest absolute Gasteiger partial charge is 0.195 e. The highest BCUT2D eigenvalue weighted by Gasteiger charge is 2.14. The summed E-state index contributed by atoms with van der Waals surface area (Å²) in [7, 11) is 0. The molecule has 0 aliphatic rings. The number of ketones is 1. The van der Waals surface area contributed by atoms with Crippen LogP contribution in [0.2, 0.25) is 0 Å². The van der Waals surface area contributed by atoms with Crippen LogP contribution in [-0.2, 0) is 0 Å². The molecule has 8 rings (SSSR count). The van der Waals surface area contributed by atoms with Crippen molar-refractivity contribution < 1.29 is 9.21 Å². The highest BCUT2D eigenvalue weighted by molar-refractivity contribution is 7.80. The zero-order chi connectivity index (χ0) is 29.1. The second kappa shape index (κ2) is 10.1. The minimum atomic E-state index is -0.0466. The van der Waals surface area contributed by atoms with E-state index in [0.29, 0.717) is 16.0 Å². The third-order valence-electron chi connectivity index (χ3n) is 8.01. The van der Waals surface area contributed by atoms with E-state index in [0.717, 1.165) is 64.4 Å². The van der Waals surface area contributed by atoms with Gasteiger partial charge in [-0.2, -0.15) is 0 Å². The Morgan fingerprint density at radius 3 is 1.84 bits per heavy atom. The molecule has 6 aromatic carbocycles. The lowest BCUT2D eigenvalue weighted by Gasteiger charge is -2.06. The third kappa shape index (κ3) is 4.36. The lowest BCUT2D eigenvalue weighted by Crippen LogP contribution is -2.02. The standard InChI is InChI=1S/C38H22O3S2/c39-37(29-5-1-3-7-34(29)42)23-11-9-22(10-12-23)24-13-16-27-28-17-14-25(20-33(28)41-32(27)19-24)26-15-18-31-36(21-26)43-35-8-4-2-6-30(35)38(31)40/h1-21,42H. The van der Waals surface area contributed by atoms with Crippen molar-refractivity contribution in [3.8, 4) is 22.3 Å². The monoisotopic (exact) mass is 590 g/mol. The van der Waals surface area contributed by atoms with Gasteiger partial charge in [-0.1, -0.05) is 66.7 Å². The number of thiol groups is 1. The summed E-state index contributed by atoms with van der Waals surface area (Å²) < 4.78 is 8.33. The van der Waals surface area contributed by atoms with Gasteiger partial charge in [0.25, 0.3) is 0 Å². The van der Waals surface area contributed by atoms with Crippen molar-refractivity contribution in [1.82, 2.24) is 0 Å². The van der Waals surface area contributed by atoms with Gasteiger partial charge >= 0.3 is 0 Å². The van der Waals surface area contributed by atoms with Crippen LogP contribution in [0.1, 0.15) is 15.9 Å². The summed E-state index contributed by atoms with van der Waals surface area (Å²) in [6.07, 6.45) is 0. The molecule has 0 radical (unpaired) electrons. The predicted octanol–water partition coefficient (Wildman–Crippen LogP) is 10.2. The Labute approximate surface area is 256 Å². The van der Waals surface area contributed by atoms with E-state index in [4.69, 9.17) is 4.42 Å². The second-order valence-corrected chi connectivity index (χ2v) is 12.2. The lowest BCUT2D eigenvalue weighted by molar-refractivity contribution is 0.103. The summed E-state index contributed by atoms with van der Waals surface area (Å²) in [4.78, 5) is 26.7. The molecule has 2 heterocycles. The molecule has 0 fully saturated rings. The fourth-order valence-corrected chi connectivity index (χ4v) is 7.13. The van der Waals surface area contributed by atoms with E-state index in [1.165, 1.54) is 0 Å². The van der Waals surface area contributed by atoms with Crippen molar-refractivity contribution >= 4 is 71.9 Å². The Hall–Kier alpha value is -4.97. The Morgan fingerprint density at radius 1 is 0.558 bits per heavy atom. The molecule has 2 aromatic heterocycles. The van der Waals surface area contributed by atoms with Crippen LogP contribution < -0.4 is 5.43 Å². The average molecular weight is 591 g/mol. The zero-order valence-electron chi connectivity index (χ0n) is 22.7. The fourth-order valence-electron chi connectivity index (χ4n) is 5.75. The first kappa shape index (κ1) is 25.7. The van der Waals surface area contributed by atoms with E-state index < -0.39 is 0 Å². The van der Waals surface area contributed by atoms with Crippen molar-refractivity contribution in [2.75, 3.05) is 0 Å². The maximum atomic E-state index is 13.0. The molecule has 8 aromatic rings. The normalized spacial score (nSPS) is 11.6. The van der Waals surface area contributed by atoms with Crippen LogP contribution in [0.4, 0.5) is 0 Å². The summed E-state index contributed by atoms with van der Waals surface area (Å²) in [6.45, 7) is 0. The van der Waals surface area contributed by atoms with E-state index >= 15 is 0 Å². The second-order valence-electron chi connectivity index (χ2n) is 10.6. The zero-order valence-corrected chi connectivity index (χ0v) is 24.4. The minimum absolute atomic E-state index is 0.0466. The maximum absolute atomic E-state index is 13.0. The van der Waals surface area contributed by atoms with Gasteiger partial charge in [-0.15, -0.1) is 24.0 Å². The van der Waals surface area contributed by atoms with Crippen LogP contribution >= 0.6 is 24.0 Å². The van der Waals surface area contributed by atoms with Crippen molar-refractivity contribution in [3.05, 3.63) is 149 Å². The minimum Gasteiger partial charge on any atom is -0.456 e. The first-order chi connectivity index (χ1) is 21.0. The number of fused-ring (bicyclic) bond motifs is 5. The molecule has 0 atom stereocenters. The summed E-state index contributed by atoms with van der Waals surface area (Å²) in [5, 5.41) is 3.60. The van der Waals surface area contributed by atoms with Crippen molar-refractivity contribution in [3.63, 3.8) is 0 Å². The topological polar surface area (TPSA) is 47.3 Å². The number of hydrogen-bond acceptors (Lipinski definition) is 5. The van der Waals surface area contributed by atoms with Gasteiger partial charge in [-0.3, -0.25) is 9.59 Å². The Balaban J connectivity index is 1.14. The molecule has 0 aliphatic heterocycles. The van der Waals surface area contributed by atoms with Crippen molar-refractivity contribution in [2.45, 2.75) is 4.90 Å². The van der Waals surface area contributed by atoms with Crippen LogP contribution in [0.5, 0.6) is 0 Å². The van der Waals surface area contributed by atoms with Crippen LogP contribution in [0.25, 0.3) is 64.4 Å². The van der Waals surface area contributed by atoms with Crippen LogP contribution in [-0.4, -0.2) is 5.78 Å². The molecule has 0 unspecified atom stereocenters. The summed E-state index contributed by atoms with van der Waals surface area (Å²) in [5.74, 6) is -0.0466. The van der Waals surface area contributed by atoms with Crippen LogP contribution in [0, 0.1) is 0 Å². The molecule has 0 amide bonds. The van der Waals surface area contributed by atoms with Gasteiger partial charge in [0.15, 0.2) is 11.2 Å². The van der Waals surface area contributed by atoms with E-state index in [1.807, 2.05) is 84.9 Å². The van der Waals surface area contributed by atoms with Gasteiger partial charge < -0.3 is 4.42 Å². The Morgan fingerprint density at radius 2 is 1.12 bits per heavy atom. The number of furan rings is 1. The molecular weight excluding hydrogens is 569 g/mol. The number of benzene rings is 6. The van der Waals surface area contributed by atoms with E-state index in [9.17, 15) is 9.59 Å². The van der Waals surface area contributed by atoms with Gasteiger partial charge in [0.2, 0.25) is 0 Å². The largest absolute Gasteiger partial charge is 0.456 e. The molecule has 3 nitrogen and oxygen atoms in total. The molecule has 0 aliphatic carbocycles. The Kier molecular flexibility index (Phi) is 6.03. The third-order valence-corrected chi connectivity index (χ3v) is 9.54. The van der Waals surface area contributed by atoms with Crippen molar-refractivity contribution in [2.24, 2.45) is 0 Å². The van der Waals surface area contributed by atoms with E-state index in [-0.39, 0.29) is 11.2 Å². The molecule has 0 saturated heterocycles. The van der Waals surface area contributed by atoms with E-state index in [1.54, 1.807) is 17.4 Å². The van der Waals surface area contributed by atoms with Gasteiger partial charge in [-0.25, -0.2) is 0 Å². The number of rotatable bonds is 4. The van der Waals surface area contributed by atoms with Gasteiger partial charge in [-0.05, 0) is 82.9 Å².